The van der Waals surface area contributed by atoms with E-state index in [0.29, 0.717) is 35.9 Å². The fourth-order valence-corrected chi connectivity index (χ4v) is 2.57. The molecule has 3 rings (SSSR count). The molecular formula is C16H20Cl2FN5O. The van der Waals surface area contributed by atoms with Crippen LogP contribution in [-0.2, 0) is 13.0 Å². The molecule has 4 N–H and O–H groups in total. The molecule has 0 aromatic carbocycles. The summed E-state index contributed by atoms with van der Waals surface area (Å²) in [5.41, 5.74) is 6.81. The van der Waals surface area contributed by atoms with Crippen molar-refractivity contribution in [1.29, 1.82) is 0 Å². The van der Waals surface area contributed by atoms with E-state index < -0.39 is 5.82 Å². The van der Waals surface area contributed by atoms with Crippen LogP contribution in [0.5, 0.6) is 0 Å². The lowest BCUT2D eigenvalue weighted by atomic mass is 10.0. The molecule has 1 atom stereocenters. The monoisotopic (exact) mass is 387 g/mol. The molecule has 0 bridgehead atoms. The molecule has 0 aliphatic heterocycles. The van der Waals surface area contributed by atoms with Crippen LogP contribution in [0.4, 0.5) is 10.2 Å². The number of aromatic amines is 1. The van der Waals surface area contributed by atoms with E-state index in [1.807, 2.05) is 19.9 Å². The van der Waals surface area contributed by atoms with E-state index >= 15 is 0 Å². The summed E-state index contributed by atoms with van der Waals surface area (Å²) < 4.78 is 20.1. The molecule has 3 aromatic rings. The van der Waals surface area contributed by atoms with Crippen molar-refractivity contribution in [3.05, 3.63) is 41.0 Å². The highest BCUT2D eigenvalue weighted by Gasteiger charge is 2.21. The van der Waals surface area contributed by atoms with Crippen molar-refractivity contribution in [3.63, 3.8) is 0 Å². The number of nitrogens with two attached hydrogens (primary N) is 1. The van der Waals surface area contributed by atoms with Gasteiger partial charge >= 0.3 is 0 Å². The molecule has 0 spiro atoms. The maximum absolute atomic E-state index is 14.8. The van der Waals surface area contributed by atoms with Gasteiger partial charge in [0.05, 0.1) is 23.9 Å². The minimum absolute atomic E-state index is 0. The van der Waals surface area contributed by atoms with Gasteiger partial charge in [-0.2, -0.15) is 9.97 Å². The molecule has 3 aromatic heterocycles. The largest absolute Gasteiger partial charge is 0.467 e. The number of anilines is 1. The third-order valence-electron chi connectivity index (χ3n) is 3.94. The molecule has 9 heteroatoms. The lowest BCUT2D eigenvalue weighted by Gasteiger charge is -2.14. The maximum Gasteiger partial charge on any atom is 0.226 e. The first-order valence-corrected chi connectivity index (χ1v) is 8.09. The lowest BCUT2D eigenvalue weighted by Crippen LogP contribution is -2.29. The maximum atomic E-state index is 14.8. The van der Waals surface area contributed by atoms with Gasteiger partial charge in [0.1, 0.15) is 17.2 Å². The molecule has 3 heterocycles. The van der Waals surface area contributed by atoms with Crippen LogP contribution in [0.1, 0.15) is 25.3 Å². The number of H-pyrrole nitrogens is 1. The Kier molecular flexibility index (Phi) is 6.26. The van der Waals surface area contributed by atoms with E-state index in [0.717, 1.165) is 0 Å². The van der Waals surface area contributed by atoms with E-state index in [4.69, 9.17) is 21.8 Å². The van der Waals surface area contributed by atoms with Gasteiger partial charge in [0.15, 0.2) is 5.82 Å². The average molecular weight is 388 g/mol. The van der Waals surface area contributed by atoms with Crippen LogP contribution in [0.15, 0.2) is 22.8 Å². The summed E-state index contributed by atoms with van der Waals surface area (Å²) in [6, 6.07) is 3.44. The number of nitrogens with one attached hydrogen (secondary N) is 2. The van der Waals surface area contributed by atoms with Crippen molar-refractivity contribution >= 4 is 40.9 Å². The average Bonchev–Trinajstić information content (AvgIpc) is 3.13. The van der Waals surface area contributed by atoms with Crippen LogP contribution in [0.25, 0.3) is 11.0 Å². The molecule has 0 fully saturated rings. The highest BCUT2D eigenvalue weighted by Crippen LogP contribution is 2.28. The smallest absolute Gasteiger partial charge is 0.226 e. The highest BCUT2D eigenvalue weighted by atomic mass is 35.5. The normalized spacial score (nSPS) is 12.4. The van der Waals surface area contributed by atoms with E-state index in [-0.39, 0.29) is 35.0 Å². The van der Waals surface area contributed by atoms with Gasteiger partial charge in [-0.25, -0.2) is 4.39 Å². The molecule has 0 unspecified atom stereocenters. The molecule has 0 amide bonds. The van der Waals surface area contributed by atoms with Gasteiger partial charge in [-0.1, -0.05) is 13.8 Å². The van der Waals surface area contributed by atoms with Gasteiger partial charge in [-0.15, -0.1) is 12.4 Å². The van der Waals surface area contributed by atoms with Gasteiger partial charge in [0.25, 0.3) is 0 Å². The Hall–Kier alpha value is -1.83. The standard InChI is InChI=1S/C16H19ClFN5O.ClH/c1-8(2)10(19)6-11-13(18)12-14(20-7-9-4-3-5-24-9)22-16(17)23-15(12)21-11;/h3-5,8,10H,6-7,19H2,1-2H3,(H2,20,21,22,23);1H/t10-;/m1./s1. The van der Waals surface area contributed by atoms with Gasteiger partial charge < -0.3 is 20.5 Å². The van der Waals surface area contributed by atoms with Gasteiger partial charge in [-0.05, 0) is 29.7 Å². The van der Waals surface area contributed by atoms with Gasteiger partial charge in [0.2, 0.25) is 5.28 Å². The molecule has 136 valence electrons. The number of hydrogen-bond acceptors (Lipinski definition) is 5. The number of furan rings is 1. The van der Waals surface area contributed by atoms with E-state index in [1.165, 1.54) is 0 Å². The number of fused-ring (bicyclic) bond motifs is 1. The second-order valence-corrected chi connectivity index (χ2v) is 6.37. The first-order valence-electron chi connectivity index (χ1n) is 7.71. The van der Waals surface area contributed by atoms with Crippen molar-refractivity contribution in [2.45, 2.75) is 32.9 Å². The highest BCUT2D eigenvalue weighted by molar-refractivity contribution is 6.28. The molecule has 0 aliphatic rings. The molecular weight excluding hydrogens is 368 g/mol. The zero-order valence-electron chi connectivity index (χ0n) is 13.8. The predicted molar refractivity (Wildman–Crippen MR) is 98.7 cm³/mol. The summed E-state index contributed by atoms with van der Waals surface area (Å²) in [7, 11) is 0. The molecule has 0 aliphatic carbocycles. The lowest BCUT2D eigenvalue weighted by molar-refractivity contribution is 0.477. The third-order valence-corrected chi connectivity index (χ3v) is 4.11. The second kappa shape index (κ2) is 8.03. The Morgan fingerprint density at radius 2 is 2.16 bits per heavy atom. The molecule has 6 nitrogen and oxygen atoms in total. The Morgan fingerprint density at radius 3 is 2.80 bits per heavy atom. The Balaban J connectivity index is 0.00000225. The van der Waals surface area contributed by atoms with Crippen LogP contribution >= 0.6 is 24.0 Å². The van der Waals surface area contributed by atoms with Crippen molar-refractivity contribution < 1.29 is 8.81 Å². The minimum Gasteiger partial charge on any atom is -0.467 e. The molecule has 25 heavy (non-hydrogen) atoms. The zero-order valence-corrected chi connectivity index (χ0v) is 15.4. The topological polar surface area (TPSA) is 92.8 Å². The number of aromatic nitrogens is 3. The summed E-state index contributed by atoms with van der Waals surface area (Å²) in [6.45, 7) is 4.36. The fourth-order valence-electron chi connectivity index (χ4n) is 2.40. The van der Waals surface area contributed by atoms with Crippen LogP contribution < -0.4 is 11.1 Å². The van der Waals surface area contributed by atoms with Crippen LogP contribution in [0.3, 0.4) is 0 Å². The van der Waals surface area contributed by atoms with Crippen molar-refractivity contribution in [3.8, 4) is 0 Å². The molecule has 0 saturated heterocycles. The van der Waals surface area contributed by atoms with Gasteiger partial charge in [0, 0.05) is 12.5 Å². The Bertz CT molecular complexity index is 835. The summed E-state index contributed by atoms with van der Waals surface area (Å²) in [5, 5.41) is 3.35. The van der Waals surface area contributed by atoms with Crippen molar-refractivity contribution in [2.24, 2.45) is 11.7 Å². The Morgan fingerprint density at radius 1 is 1.40 bits per heavy atom. The van der Waals surface area contributed by atoms with Crippen molar-refractivity contribution in [1.82, 2.24) is 15.0 Å². The summed E-state index contributed by atoms with van der Waals surface area (Å²) in [4.78, 5) is 11.1. The Labute approximate surface area is 155 Å². The summed E-state index contributed by atoms with van der Waals surface area (Å²) in [5.74, 6) is 0.858. The van der Waals surface area contributed by atoms with Gasteiger partial charge in [-0.3, -0.25) is 0 Å². The second-order valence-electron chi connectivity index (χ2n) is 6.03. The summed E-state index contributed by atoms with van der Waals surface area (Å²) in [6.07, 6.45) is 1.96. The van der Waals surface area contributed by atoms with E-state index in [1.54, 1.807) is 12.3 Å². The quantitative estimate of drug-likeness (QED) is 0.557. The SMILES string of the molecule is CC(C)[C@H](N)Cc1[nH]c2nc(Cl)nc(NCc3ccco3)c2c1F.Cl. The van der Waals surface area contributed by atoms with E-state index in [9.17, 15) is 4.39 Å². The minimum atomic E-state index is -0.403. The number of hydrogen-bond donors (Lipinski definition) is 3. The number of nitrogens with zero attached hydrogens (tertiary/aromatic N) is 2. The third kappa shape index (κ3) is 4.23. The first kappa shape index (κ1) is 19.5. The van der Waals surface area contributed by atoms with Crippen LogP contribution in [0, 0.1) is 11.7 Å². The number of rotatable bonds is 6. The van der Waals surface area contributed by atoms with E-state index in [2.05, 4.69) is 20.3 Å². The predicted octanol–water partition coefficient (Wildman–Crippen LogP) is 3.90. The molecule has 0 saturated carbocycles. The molecule has 0 radical (unpaired) electrons. The fraction of sp³-hybridized carbons (Fsp3) is 0.375. The van der Waals surface area contributed by atoms with Crippen LogP contribution in [-0.4, -0.2) is 21.0 Å². The van der Waals surface area contributed by atoms with Crippen LogP contribution in [0.2, 0.25) is 5.28 Å². The first-order chi connectivity index (χ1) is 11.5. The zero-order chi connectivity index (χ0) is 17.3. The van der Waals surface area contributed by atoms with Crippen molar-refractivity contribution in [2.75, 3.05) is 5.32 Å². The number of halogens is 3. The summed E-state index contributed by atoms with van der Waals surface area (Å²) >= 11 is 5.95.